The fourth-order valence-electron chi connectivity index (χ4n) is 1.23. The molecule has 1 rings (SSSR count). The maximum atomic E-state index is 12.5. The third-order valence-corrected chi connectivity index (χ3v) is 1.91. The second kappa shape index (κ2) is 4.84. The van der Waals surface area contributed by atoms with Crippen LogP contribution in [0.2, 0.25) is 0 Å². The number of aromatic nitrogens is 1. The van der Waals surface area contributed by atoms with Gasteiger partial charge in [-0.05, 0) is 6.07 Å². The van der Waals surface area contributed by atoms with Crippen molar-refractivity contribution in [2.75, 3.05) is 0 Å². The number of alkyl halides is 2. The Hall–Kier alpha value is -1.76. The number of aliphatic carboxylic acids is 1. The smallest absolute Gasteiger partial charge is 0.309 e. The van der Waals surface area contributed by atoms with E-state index in [0.29, 0.717) is 0 Å². The van der Waals surface area contributed by atoms with E-state index in [1.807, 2.05) is 0 Å². The number of pyridine rings is 1. The highest BCUT2D eigenvalue weighted by Crippen LogP contribution is 2.30. The van der Waals surface area contributed by atoms with Crippen molar-refractivity contribution in [3.05, 3.63) is 23.0 Å². The standard InChI is InChI=1S/C9H10F2N2O3/c10-9(11)5-1-4(2-7(14)15)13-6(3-12)8(5)16/h1,9,16H,2-3,12H2,(H,14,15). The molecule has 0 saturated heterocycles. The number of carboxylic acid groups (broad SMARTS) is 1. The molecule has 0 atom stereocenters. The maximum Gasteiger partial charge on any atom is 0.309 e. The number of hydrogen-bond acceptors (Lipinski definition) is 4. The average Bonchev–Trinajstić information content (AvgIpc) is 2.19. The highest BCUT2D eigenvalue weighted by molar-refractivity contribution is 5.69. The number of aromatic hydroxyl groups is 1. The number of nitrogens with zero attached hydrogens (tertiary/aromatic N) is 1. The minimum Gasteiger partial charge on any atom is -0.505 e. The van der Waals surface area contributed by atoms with Crippen LogP contribution in [-0.2, 0) is 17.8 Å². The van der Waals surface area contributed by atoms with E-state index < -0.39 is 30.1 Å². The molecule has 0 aliphatic carbocycles. The zero-order valence-electron chi connectivity index (χ0n) is 8.15. The largest absolute Gasteiger partial charge is 0.505 e. The van der Waals surface area contributed by atoms with E-state index in [4.69, 9.17) is 10.8 Å². The number of carboxylic acids is 1. The second-order valence-electron chi connectivity index (χ2n) is 3.07. The SMILES string of the molecule is NCc1nc(CC(=O)O)cc(C(F)F)c1O. The number of carbonyl (C=O) groups is 1. The predicted molar refractivity (Wildman–Crippen MR) is 50.1 cm³/mol. The molecule has 5 nitrogen and oxygen atoms in total. The van der Waals surface area contributed by atoms with Crippen LogP contribution in [-0.4, -0.2) is 21.2 Å². The summed E-state index contributed by atoms with van der Waals surface area (Å²) < 4.78 is 25.0. The van der Waals surface area contributed by atoms with Gasteiger partial charge < -0.3 is 15.9 Å². The zero-order valence-corrected chi connectivity index (χ0v) is 8.15. The van der Waals surface area contributed by atoms with Crippen molar-refractivity contribution >= 4 is 5.97 Å². The predicted octanol–water partition coefficient (Wildman–Crippen LogP) is 0.811. The van der Waals surface area contributed by atoms with Crippen molar-refractivity contribution in [3.63, 3.8) is 0 Å². The van der Waals surface area contributed by atoms with E-state index in [2.05, 4.69) is 4.98 Å². The summed E-state index contributed by atoms with van der Waals surface area (Å²) in [6.45, 7) is -0.237. The number of rotatable bonds is 4. The van der Waals surface area contributed by atoms with Crippen molar-refractivity contribution in [2.45, 2.75) is 19.4 Å². The van der Waals surface area contributed by atoms with E-state index in [1.165, 1.54) is 0 Å². The highest BCUT2D eigenvalue weighted by Gasteiger charge is 2.18. The van der Waals surface area contributed by atoms with Gasteiger partial charge in [-0.3, -0.25) is 9.78 Å². The molecule has 0 aliphatic rings. The number of hydrogen-bond donors (Lipinski definition) is 3. The van der Waals surface area contributed by atoms with Crippen LogP contribution in [0.25, 0.3) is 0 Å². The zero-order chi connectivity index (χ0) is 12.3. The summed E-state index contributed by atoms with van der Waals surface area (Å²) in [5.41, 5.74) is 4.37. The first-order valence-corrected chi connectivity index (χ1v) is 4.37. The molecule has 0 bridgehead atoms. The van der Waals surface area contributed by atoms with Gasteiger partial charge in [-0.25, -0.2) is 8.78 Å². The lowest BCUT2D eigenvalue weighted by Gasteiger charge is -2.09. The molecule has 88 valence electrons. The van der Waals surface area contributed by atoms with E-state index in [9.17, 15) is 18.7 Å². The van der Waals surface area contributed by atoms with Gasteiger partial charge in [-0.1, -0.05) is 0 Å². The van der Waals surface area contributed by atoms with Crippen LogP contribution in [0.5, 0.6) is 5.75 Å². The quantitative estimate of drug-likeness (QED) is 0.713. The Kier molecular flexibility index (Phi) is 3.73. The Morgan fingerprint density at radius 3 is 2.62 bits per heavy atom. The molecule has 16 heavy (non-hydrogen) atoms. The third kappa shape index (κ3) is 2.63. The summed E-state index contributed by atoms with van der Waals surface area (Å²) in [6, 6.07) is 0.868. The Bertz CT molecular complexity index is 410. The summed E-state index contributed by atoms with van der Waals surface area (Å²) in [4.78, 5) is 14.1. The Balaban J connectivity index is 3.22. The molecule has 0 amide bonds. The fraction of sp³-hybridized carbons (Fsp3) is 0.333. The molecule has 1 heterocycles. The molecule has 0 aromatic carbocycles. The summed E-state index contributed by atoms with van der Waals surface area (Å²) >= 11 is 0. The molecule has 0 spiro atoms. The molecule has 7 heteroatoms. The average molecular weight is 232 g/mol. The first-order chi connectivity index (χ1) is 7.45. The lowest BCUT2D eigenvalue weighted by Crippen LogP contribution is -2.09. The maximum absolute atomic E-state index is 12.5. The fourth-order valence-corrected chi connectivity index (χ4v) is 1.23. The Morgan fingerprint density at radius 1 is 1.56 bits per heavy atom. The first kappa shape index (κ1) is 12.3. The molecule has 0 unspecified atom stereocenters. The van der Waals surface area contributed by atoms with Crippen LogP contribution in [0.15, 0.2) is 6.07 Å². The van der Waals surface area contributed by atoms with Crippen molar-refractivity contribution < 1.29 is 23.8 Å². The van der Waals surface area contributed by atoms with Crippen LogP contribution in [0, 0.1) is 0 Å². The first-order valence-electron chi connectivity index (χ1n) is 4.37. The molecule has 0 saturated carbocycles. The van der Waals surface area contributed by atoms with E-state index in [0.717, 1.165) is 6.07 Å². The van der Waals surface area contributed by atoms with Crippen molar-refractivity contribution in [1.82, 2.24) is 4.98 Å². The van der Waals surface area contributed by atoms with Gasteiger partial charge in [0.2, 0.25) is 0 Å². The van der Waals surface area contributed by atoms with Crippen LogP contribution >= 0.6 is 0 Å². The molecule has 1 aromatic heterocycles. The summed E-state index contributed by atoms with van der Waals surface area (Å²) in [7, 11) is 0. The molecular weight excluding hydrogens is 222 g/mol. The summed E-state index contributed by atoms with van der Waals surface area (Å²) in [5.74, 6) is -1.87. The molecule has 0 radical (unpaired) electrons. The van der Waals surface area contributed by atoms with Gasteiger partial charge in [0.25, 0.3) is 6.43 Å². The Morgan fingerprint density at radius 2 is 2.19 bits per heavy atom. The van der Waals surface area contributed by atoms with E-state index >= 15 is 0 Å². The molecule has 4 N–H and O–H groups in total. The van der Waals surface area contributed by atoms with Crippen molar-refractivity contribution in [1.29, 1.82) is 0 Å². The van der Waals surface area contributed by atoms with Crippen molar-refractivity contribution in [3.8, 4) is 5.75 Å². The van der Waals surface area contributed by atoms with Crippen LogP contribution in [0.4, 0.5) is 8.78 Å². The molecule has 1 aromatic rings. The van der Waals surface area contributed by atoms with Crippen LogP contribution in [0.3, 0.4) is 0 Å². The van der Waals surface area contributed by atoms with Gasteiger partial charge in [0.05, 0.1) is 23.4 Å². The molecule has 0 fully saturated rings. The van der Waals surface area contributed by atoms with E-state index in [-0.39, 0.29) is 17.9 Å². The van der Waals surface area contributed by atoms with Gasteiger partial charge in [-0.15, -0.1) is 0 Å². The van der Waals surface area contributed by atoms with Crippen LogP contribution < -0.4 is 5.73 Å². The Labute approximate surface area is 89.5 Å². The number of halogens is 2. The lowest BCUT2D eigenvalue weighted by atomic mass is 10.1. The molecule has 0 aliphatic heterocycles. The summed E-state index contributed by atoms with van der Waals surface area (Å²) in [5, 5.41) is 17.9. The highest BCUT2D eigenvalue weighted by atomic mass is 19.3. The minimum absolute atomic E-state index is 0.0546. The van der Waals surface area contributed by atoms with Gasteiger partial charge in [0.1, 0.15) is 5.75 Å². The third-order valence-electron chi connectivity index (χ3n) is 1.91. The van der Waals surface area contributed by atoms with Crippen LogP contribution in [0.1, 0.15) is 23.4 Å². The van der Waals surface area contributed by atoms with Gasteiger partial charge in [0.15, 0.2) is 0 Å². The second-order valence-corrected chi connectivity index (χ2v) is 3.07. The van der Waals surface area contributed by atoms with E-state index in [1.54, 1.807) is 0 Å². The van der Waals surface area contributed by atoms with Gasteiger partial charge >= 0.3 is 5.97 Å². The van der Waals surface area contributed by atoms with Crippen molar-refractivity contribution in [2.24, 2.45) is 5.73 Å². The van der Waals surface area contributed by atoms with Gasteiger partial charge in [-0.2, -0.15) is 0 Å². The van der Waals surface area contributed by atoms with Gasteiger partial charge in [0, 0.05) is 6.54 Å². The number of nitrogens with two attached hydrogens (primary N) is 1. The minimum atomic E-state index is -2.90. The monoisotopic (exact) mass is 232 g/mol. The lowest BCUT2D eigenvalue weighted by molar-refractivity contribution is -0.136. The normalized spacial score (nSPS) is 10.8. The topological polar surface area (TPSA) is 96.4 Å². The summed E-state index contributed by atoms with van der Waals surface area (Å²) in [6.07, 6.45) is -3.40. The molecular formula is C9H10F2N2O3.